The lowest BCUT2D eigenvalue weighted by Crippen LogP contribution is -2.02. The molecule has 0 aromatic heterocycles. The van der Waals surface area contributed by atoms with Crippen molar-refractivity contribution in [3.63, 3.8) is 0 Å². The number of carbonyl (C=O) groups excluding carboxylic acids is 1. The van der Waals surface area contributed by atoms with Crippen LogP contribution in [0.1, 0.15) is 10.4 Å². The minimum Gasteiger partial charge on any atom is -0.493 e. The standard InChI is InChI=1S/C15H12ClNO6/c1-21-14-7-9(15(18)22-2)3-5-13(14)23-12-6-4-10(17(19)20)8-11(12)16/h3-8H,1-2H3. The van der Waals surface area contributed by atoms with Gasteiger partial charge in [-0.15, -0.1) is 0 Å². The van der Waals surface area contributed by atoms with Crippen LogP contribution >= 0.6 is 11.6 Å². The molecule has 2 rings (SSSR count). The summed E-state index contributed by atoms with van der Waals surface area (Å²) in [5.41, 5.74) is 0.154. The van der Waals surface area contributed by atoms with Gasteiger partial charge in [0.05, 0.1) is 29.7 Å². The van der Waals surface area contributed by atoms with E-state index in [9.17, 15) is 14.9 Å². The van der Waals surface area contributed by atoms with Crippen molar-refractivity contribution in [1.29, 1.82) is 0 Å². The summed E-state index contributed by atoms with van der Waals surface area (Å²) >= 11 is 5.98. The Morgan fingerprint density at radius 1 is 1.09 bits per heavy atom. The van der Waals surface area contributed by atoms with Gasteiger partial charge in [0.15, 0.2) is 11.5 Å². The summed E-state index contributed by atoms with van der Waals surface area (Å²) in [5, 5.41) is 10.8. The van der Waals surface area contributed by atoms with E-state index in [0.717, 1.165) is 0 Å². The second-order valence-electron chi connectivity index (χ2n) is 4.33. The van der Waals surface area contributed by atoms with Gasteiger partial charge in [0, 0.05) is 12.1 Å². The molecular weight excluding hydrogens is 326 g/mol. The molecule has 23 heavy (non-hydrogen) atoms. The zero-order valence-electron chi connectivity index (χ0n) is 12.2. The van der Waals surface area contributed by atoms with Gasteiger partial charge < -0.3 is 14.2 Å². The van der Waals surface area contributed by atoms with Crippen molar-refractivity contribution in [2.45, 2.75) is 0 Å². The Balaban J connectivity index is 2.33. The normalized spacial score (nSPS) is 10.0. The van der Waals surface area contributed by atoms with Crippen molar-refractivity contribution in [2.75, 3.05) is 14.2 Å². The van der Waals surface area contributed by atoms with Gasteiger partial charge in [-0.05, 0) is 24.3 Å². The number of halogens is 1. The molecule has 2 aromatic carbocycles. The molecule has 0 N–H and O–H groups in total. The lowest BCUT2D eigenvalue weighted by Gasteiger charge is -2.12. The monoisotopic (exact) mass is 337 g/mol. The van der Waals surface area contributed by atoms with Crippen LogP contribution in [-0.2, 0) is 4.74 Å². The first-order chi connectivity index (χ1) is 11.0. The van der Waals surface area contributed by atoms with Crippen molar-refractivity contribution in [1.82, 2.24) is 0 Å². The quantitative estimate of drug-likeness (QED) is 0.468. The molecule has 0 aliphatic rings. The Morgan fingerprint density at radius 3 is 2.35 bits per heavy atom. The Morgan fingerprint density at radius 2 is 1.78 bits per heavy atom. The van der Waals surface area contributed by atoms with Crippen LogP contribution in [0.4, 0.5) is 5.69 Å². The van der Waals surface area contributed by atoms with Crippen LogP contribution in [0.15, 0.2) is 36.4 Å². The SMILES string of the molecule is COC(=O)c1ccc(Oc2ccc([N+](=O)[O-])cc2Cl)c(OC)c1. The van der Waals surface area contributed by atoms with Crippen LogP contribution in [0.25, 0.3) is 0 Å². The van der Waals surface area contributed by atoms with Gasteiger partial charge >= 0.3 is 5.97 Å². The number of nitro groups is 1. The summed E-state index contributed by atoms with van der Waals surface area (Å²) in [6.07, 6.45) is 0. The molecule has 0 aliphatic heterocycles. The van der Waals surface area contributed by atoms with E-state index in [2.05, 4.69) is 4.74 Å². The third-order valence-corrected chi connectivity index (χ3v) is 3.23. The molecular formula is C15H12ClNO6. The van der Waals surface area contributed by atoms with Crippen molar-refractivity contribution < 1.29 is 23.9 Å². The van der Waals surface area contributed by atoms with Crippen LogP contribution in [0, 0.1) is 10.1 Å². The molecule has 0 atom stereocenters. The van der Waals surface area contributed by atoms with Crippen LogP contribution in [-0.4, -0.2) is 25.1 Å². The van der Waals surface area contributed by atoms with Crippen molar-refractivity contribution in [3.05, 3.63) is 57.1 Å². The van der Waals surface area contributed by atoms with Crippen LogP contribution in [0.5, 0.6) is 17.2 Å². The number of non-ortho nitro benzene ring substituents is 1. The summed E-state index contributed by atoms with van der Waals surface area (Å²) in [5.74, 6) is 0.308. The van der Waals surface area contributed by atoms with Crippen molar-refractivity contribution in [2.24, 2.45) is 0 Å². The van der Waals surface area contributed by atoms with E-state index in [1.54, 1.807) is 0 Å². The van der Waals surface area contributed by atoms with Crippen LogP contribution in [0.2, 0.25) is 5.02 Å². The maximum Gasteiger partial charge on any atom is 0.337 e. The highest BCUT2D eigenvalue weighted by molar-refractivity contribution is 6.32. The predicted molar refractivity (Wildman–Crippen MR) is 82.5 cm³/mol. The van der Waals surface area contributed by atoms with Gasteiger partial charge in [-0.1, -0.05) is 11.6 Å². The van der Waals surface area contributed by atoms with E-state index in [4.69, 9.17) is 21.1 Å². The maximum absolute atomic E-state index is 11.5. The minimum atomic E-state index is -0.554. The molecule has 0 spiro atoms. The average Bonchev–Trinajstić information content (AvgIpc) is 2.55. The number of methoxy groups -OCH3 is 2. The summed E-state index contributed by atoms with van der Waals surface area (Å²) in [4.78, 5) is 21.6. The number of rotatable bonds is 5. The number of benzene rings is 2. The van der Waals surface area contributed by atoms with Gasteiger partial charge in [0.1, 0.15) is 5.75 Å². The van der Waals surface area contributed by atoms with Crippen LogP contribution < -0.4 is 9.47 Å². The molecule has 0 unspecified atom stereocenters. The van der Waals surface area contributed by atoms with Gasteiger partial charge in [0.25, 0.3) is 5.69 Å². The first-order valence-corrected chi connectivity index (χ1v) is 6.72. The molecule has 0 amide bonds. The van der Waals surface area contributed by atoms with E-state index < -0.39 is 10.9 Å². The molecule has 7 nitrogen and oxygen atoms in total. The smallest absolute Gasteiger partial charge is 0.337 e. The van der Waals surface area contributed by atoms with E-state index >= 15 is 0 Å². The molecule has 0 aliphatic carbocycles. The average molecular weight is 338 g/mol. The number of carbonyl (C=O) groups is 1. The number of ether oxygens (including phenoxy) is 3. The minimum absolute atomic E-state index is 0.0818. The van der Waals surface area contributed by atoms with Crippen LogP contribution in [0.3, 0.4) is 0 Å². The summed E-state index contributed by atoms with van der Waals surface area (Å²) < 4.78 is 15.4. The predicted octanol–water partition coefficient (Wildman–Crippen LogP) is 3.84. The van der Waals surface area contributed by atoms with E-state index in [0.29, 0.717) is 17.1 Å². The topological polar surface area (TPSA) is 87.9 Å². The highest BCUT2D eigenvalue weighted by atomic mass is 35.5. The highest BCUT2D eigenvalue weighted by Gasteiger charge is 2.15. The fourth-order valence-electron chi connectivity index (χ4n) is 1.80. The lowest BCUT2D eigenvalue weighted by molar-refractivity contribution is -0.384. The molecule has 0 radical (unpaired) electrons. The third-order valence-electron chi connectivity index (χ3n) is 2.93. The second kappa shape index (κ2) is 6.97. The number of nitrogens with zero attached hydrogens (tertiary/aromatic N) is 1. The largest absolute Gasteiger partial charge is 0.493 e. The zero-order valence-corrected chi connectivity index (χ0v) is 13.0. The second-order valence-corrected chi connectivity index (χ2v) is 4.74. The third kappa shape index (κ3) is 3.70. The lowest BCUT2D eigenvalue weighted by atomic mass is 10.2. The van der Waals surface area contributed by atoms with E-state index in [-0.39, 0.29) is 16.5 Å². The van der Waals surface area contributed by atoms with Gasteiger partial charge in [-0.3, -0.25) is 10.1 Å². The maximum atomic E-state index is 11.5. The Kier molecular flexibility index (Phi) is 5.02. The highest BCUT2D eigenvalue weighted by Crippen LogP contribution is 2.37. The molecule has 0 heterocycles. The Hall–Kier alpha value is -2.80. The summed E-state index contributed by atoms with van der Waals surface area (Å²) in [7, 11) is 2.69. The number of nitro benzene ring substituents is 1. The molecule has 0 bridgehead atoms. The Labute approximate surface area is 136 Å². The fraction of sp³-hybridized carbons (Fsp3) is 0.133. The zero-order chi connectivity index (χ0) is 17.0. The van der Waals surface area contributed by atoms with Gasteiger partial charge in [-0.25, -0.2) is 4.79 Å². The number of hydrogen-bond acceptors (Lipinski definition) is 6. The number of esters is 1. The molecule has 120 valence electrons. The summed E-state index contributed by atoms with van der Waals surface area (Å²) in [6, 6.07) is 8.32. The van der Waals surface area contributed by atoms with E-state index in [1.807, 2.05) is 0 Å². The number of hydrogen-bond donors (Lipinski definition) is 0. The van der Waals surface area contributed by atoms with Crippen molar-refractivity contribution >= 4 is 23.3 Å². The molecule has 8 heteroatoms. The fourth-order valence-corrected chi connectivity index (χ4v) is 2.01. The first-order valence-electron chi connectivity index (χ1n) is 6.34. The molecule has 0 saturated heterocycles. The van der Waals surface area contributed by atoms with Gasteiger partial charge in [-0.2, -0.15) is 0 Å². The molecule has 2 aromatic rings. The first kappa shape index (κ1) is 16.6. The van der Waals surface area contributed by atoms with Crippen molar-refractivity contribution in [3.8, 4) is 17.2 Å². The van der Waals surface area contributed by atoms with Gasteiger partial charge in [0.2, 0.25) is 0 Å². The Bertz CT molecular complexity index is 762. The molecule has 0 fully saturated rings. The van der Waals surface area contributed by atoms with E-state index in [1.165, 1.54) is 50.6 Å². The molecule has 0 saturated carbocycles. The summed E-state index contributed by atoms with van der Waals surface area (Å²) in [6.45, 7) is 0.